The second kappa shape index (κ2) is 4.56. The van der Waals surface area contributed by atoms with Crippen molar-refractivity contribution in [3.63, 3.8) is 0 Å². The van der Waals surface area contributed by atoms with E-state index in [1.807, 2.05) is 19.9 Å². The molecule has 0 amide bonds. The molecule has 19 heavy (non-hydrogen) atoms. The second-order valence-electron chi connectivity index (χ2n) is 4.07. The molecule has 8 heteroatoms. The van der Waals surface area contributed by atoms with Gasteiger partial charge >= 0.3 is 0 Å². The average Bonchev–Trinajstić information content (AvgIpc) is 3.10. The zero-order valence-electron chi connectivity index (χ0n) is 10.4. The van der Waals surface area contributed by atoms with E-state index in [4.69, 9.17) is 4.52 Å². The van der Waals surface area contributed by atoms with Gasteiger partial charge in [-0.3, -0.25) is 0 Å². The van der Waals surface area contributed by atoms with Gasteiger partial charge in [-0.1, -0.05) is 5.16 Å². The fourth-order valence-corrected chi connectivity index (χ4v) is 1.56. The zero-order valence-corrected chi connectivity index (χ0v) is 10.4. The van der Waals surface area contributed by atoms with E-state index in [2.05, 4.69) is 30.4 Å². The lowest BCUT2D eigenvalue weighted by Gasteiger charge is -2.04. The van der Waals surface area contributed by atoms with Crippen LogP contribution >= 0.6 is 0 Å². The summed E-state index contributed by atoms with van der Waals surface area (Å²) in [5, 5.41) is 15.9. The van der Waals surface area contributed by atoms with Crippen molar-refractivity contribution in [2.45, 2.75) is 19.9 Å². The summed E-state index contributed by atoms with van der Waals surface area (Å²) in [7, 11) is 0. The van der Waals surface area contributed by atoms with Crippen LogP contribution in [0.25, 0.3) is 11.5 Å². The molecule has 3 aromatic rings. The third kappa shape index (κ3) is 2.19. The highest BCUT2D eigenvalue weighted by Gasteiger charge is 2.17. The van der Waals surface area contributed by atoms with Crippen LogP contribution in [0.15, 0.2) is 29.3 Å². The quantitative estimate of drug-likeness (QED) is 0.691. The third-order valence-electron chi connectivity index (χ3n) is 2.66. The van der Waals surface area contributed by atoms with Crippen molar-refractivity contribution in [3.8, 4) is 11.5 Å². The maximum atomic E-state index is 5.22. The van der Waals surface area contributed by atoms with Crippen LogP contribution in [0.3, 0.4) is 0 Å². The summed E-state index contributed by atoms with van der Waals surface area (Å²) in [6, 6.07) is 3.47. The van der Waals surface area contributed by atoms with E-state index in [1.54, 1.807) is 17.1 Å². The smallest absolute Gasteiger partial charge is 0.251 e. The van der Waals surface area contributed by atoms with Gasteiger partial charge in [0.05, 0.1) is 5.69 Å². The first kappa shape index (κ1) is 11.5. The predicted molar refractivity (Wildman–Crippen MR) is 63.9 cm³/mol. The Bertz CT molecular complexity index is 659. The van der Waals surface area contributed by atoms with Gasteiger partial charge in [0.25, 0.3) is 5.89 Å². The molecule has 96 valence electrons. The first-order valence-electron chi connectivity index (χ1n) is 5.72. The molecule has 0 aliphatic heterocycles. The molecule has 3 rings (SSSR count). The van der Waals surface area contributed by atoms with E-state index in [1.165, 1.54) is 6.33 Å². The minimum absolute atomic E-state index is 0.179. The van der Waals surface area contributed by atoms with Crippen LogP contribution in [-0.4, -0.2) is 35.1 Å². The Morgan fingerprint density at radius 2 is 2.16 bits per heavy atom. The van der Waals surface area contributed by atoms with Crippen LogP contribution in [0.5, 0.6) is 0 Å². The predicted octanol–water partition coefficient (Wildman–Crippen LogP) is 1.04. The molecule has 0 spiro atoms. The topological polar surface area (TPSA) is 95.4 Å². The summed E-state index contributed by atoms with van der Waals surface area (Å²) in [6.45, 7) is 3.76. The Balaban J connectivity index is 1.89. The third-order valence-corrected chi connectivity index (χ3v) is 2.66. The normalized spacial score (nSPS) is 12.5. The second-order valence-corrected chi connectivity index (χ2v) is 4.07. The Morgan fingerprint density at radius 3 is 2.84 bits per heavy atom. The van der Waals surface area contributed by atoms with Crippen molar-refractivity contribution in [2.24, 2.45) is 0 Å². The van der Waals surface area contributed by atoms with Crippen LogP contribution < -0.4 is 0 Å². The van der Waals surface area contributed by atoms with Gasteiger partial charge in [-0.2, -0.15) is 15.2 Å². The Morgan fingerprint density at radius 1 is 1.26 bits per heavy atom. The summed E-state index contributed by atoms with van der Waals surface area (Å²) in [4.78, 5) is 8.18. The summed E-state index contributed by atoms with van der Waals surface area (Å²) >= 11 is 0. The summed E-state index contributed by atoms with van der Waals surface area (Å²) < 4.78 is 6.85. The van der Waals surface area contributed by atoms with Crippen molar-refractivity contribution in [3.05, 3.63) is 36.4 Å². The van der Waals surface area contributed by atoms with Crippen LogP contribution in [0.1, 0.15) is 24.6 Å². The highest BCUT2D eigenvalue weighted by Crippen LogP contribution is 2.18. The molecule has 0 aliphatic rings. The molecular formula is C11H11N7O. The SMILES string of the molecule is Cc1ccc(-c2noc([C@@H](C)n3cncn3)n2)nn1. The maximum absolute atomic E-state index is 5.22. The Labute approximate surface area is 108 Å². The standard InChI is InChI=1S/C11H11N7O/c1-7-3-4-9(16-15-7)10-14-11(19-17-10)8(2)18-6-12-5-13-18/h3-6,8H,1-2H3/t8-/m1/s1. The fraction of sp³-hybridized carbons (Fsp3) is 0.273. The lowest BCUT2D eigenvalue weighted by molar-refractivity contribution is 0.336. The van der Waals surface area contributed by atoms with Gasteiger partial charge in [0.2, 0.25) is 5.82 Å². The zero-order chi connectivity index (χ0) is 13.2. The molecule has 0 aromatic carbocycles. The number of rotatable bonds is 3. The molecule has 0 fully saturated rings. The molecule has 8 nitrogen and oxygen atoms in total. The lowest BCUT2D eigenvalue weighted by atomic mass is 10.3. The molecule has 0 N–H and O–H groups in total. The van der Waals surface area contributed by atoms with Gasteiger partial charge in [-0.05, 0) is 26.0 Å². The maximum Gasteiger partial charge on any atom is 0.251 e. The molecule has 0 saturated carbocycles. The lowest BCUT2D eigenvalue weighted by Crippen LogP contribution is -2.07. The molecule has 0 aliphatic carbocycles. The molecule has 3 heterocycles. The molecule has 0 bridgehead atoms. The summed E-state index contributed by atoms with van der Waals surface area (Å²) in [6.07, 6.45) is 3.06. The number of nitrogens with zero attached hydrogens (tertiary/aromatic N) is 7. The van der Waals surface area contributed by atoms with Gasteiger partial charge in [0.15, 0.2) is 0 Å². The molecule has 0 radical (unpaired) electrons. The minimum Gasteiger partial charge on any atom is -0.337 e. The Hall–Kier alpha value is -2.64. The molecule has 0 unspecified atom stereocenters. The Kier molecular flexibility index (Phi) is 2.75. The van der Waals surface area contributed by atoms with E-state index < -0.39 is 0 Å². The van der Waals surface area contributed by atoms with Crippen molar-refractivity contribution >= 4 is 0 Å². The van der Waals surface area contributed by atoms with Gasteiger partial charge in [-0.15, -0.1) is 5.10 Å². The fourth-order valence-electron chi connectivity index (χ4n) is 1.56. The van der Waals surface area contributed by atoms with Crippen molar-refractivity contribution < 1.29 is 4.52 Å². The number of hydrogen-bond donors (Lipinski definition) is 0. The van der Waals surface area contributed by atoms with Crippen LogP contribution in [0.2, 0.25) is 0 Å². The van der Waals surface area contributed by atoms with Crippen molar-refractivity contribution in [1.29, 1.82) is 0 Å². The van der Waals surface area contributed by atoms with E-state index in [-0.39, 0.29) is 6.04 Å². The molecule has 3 aromatic heterocycles. The first-order chi connectivity index (χ1) is 9.24. The van der Waals surface area contributed by atoms with E-state index in [9.17, 15) is 0 Å². The molecule has 1 atom stereocenters. The van der Waals surface area contributed by atoms with E-state index >= 15 is 0 Å². The van der Waals surface area contributed by atoms with Gasteiger partial charge in [0.1, 0.15) is 24.4 Å². The van der Waals surface area contributed by atoms with Gasteiger partial charge in [-0.25, -0.2) is 9.67 Å². The number of aryl methyl sites for hydroxylation is 1. The van der Waals surface area contributed by atoms with Crippen molar-refractivity contribution in [2.75, 3.05) is 0 Å². The minimum atomic E-state index is -0.179. The highest BCUT2D eigenvalue weighted by atomic mass is 16.5. The monoisotopic (exact) mass is 257 g/mol. The van der Waals surface area contributed by atoms with Gasteiger partial charge < -0.3 is 4.52 Å². The van der Waals surface area contributed by atoms with E-state index in [0.29, 0.717) is 17.4 Å². The van der Waals surface area contributed by atoms with Crippen LogP contribution in [0.4, 0.5) is 0 Å². The van der Waals surface area contributed by atoms with E-state index in [0.717, 1.165) is 5.69 Å². The highest BCUT2D eigenvalue weighted by molar-refractivity contribution is 5.46. The van der Waals surface area contributed by atoms with Crippen LogP contribution in [0, 0.1) is 6.92 Å². The summed E-state index contributed by atoms with van der Waals surface area (Å²) in [5.74, 6) is 0.859. The summed E-state index contributed by atoms with van der Waals surface area (Å²) in [5.41, 5.74) is 1.41. The number of hydrogen-bond acceptors (Lipinski definition) is 7. The number of aromatic nitrogens is 7. The largest absolute Gasteiger partial charge is 0.337 e. The van der Waals surface area contributed by atoms with Crippen molar-refractivity contribution in [1.82, 2.24) is 35.1 Å². The average molecular weight is 257 g/mol. The van der Waals surface area contributed by atoms with Crippen LogP contribution in [-0.2, 0) is 0 Å². The van der Waals surface area contributed by atoms with Gasteiger partial charge in [0, 0.05) is 0 Å². The molecule has 0 saturated heterocycles. The first-order valence-corrected chi connectivity index (χ1v) is 5.72. The molecular weight excluding hydrogens is 246 g/mol.